The predicted molar refractivity (Wildman–Crippen MR) is 81.5 cm³/mol. The van der Waals surface area contributed by atoms with Crippen molar-refractivity contribution in [3.8, 4) is 0 Å². The summed E-state index contributed by atoms with van der Waals surface area (Å²) in [6.45, 7) is 11.2. The minimum Gasteiger partial charge on any atom is -0.549 e. The van der Waals surface area contributed by atoms with Gasteiger partial charge in [-0.25, -0.2) is 0 Å². The topological polar surface area (TPSA) is 9.23 Å². The number of benzene rings is 1. The molecule has 1 nitrogen and oxygen atoms in total. The summed E-state index contributed by atoms with van der Waals surface area (Å²) in [5.74, 6) is 0. The first-order chi connectivity index (χ1) is 7.72. The van der Waals surface area contributed by atoms with Crippen molar-refractivity contribution in [1.29, 1.82) is 0 Å². The lowest BCUT2D eigenvalue weighted by atomic mass is 10.2. The van der Waals surface area contributed by atoms with Gasteiger partial charge >= 0.3 is 0 Å². The second-order valence-corrected chi connectivity index (χ2v) is 11.4. The van der Waals surface area contributed by atoms with E-state index in [4.69, 9.17) is 4.43 Å². The van der Waals surface area contributed by atoms with Gasteiger partial charge in [0.25, 0.3) is 0 Å². The average Bonchev–Trinajstić information content (AvgIpc) is 2.19. The van der Waals surface area contributed by atoms with Crippen molar-refractivity contribution in [3.05, 3.63) is 40.6 Å². The third kappa shape index (κ3) is 4.32. The van der Waals surface area contributed by atoms with Gasteiger partial charge < -0.3 is 4.43 Å². The maximum absolute atomic E-state index is 5.97. The van der Waals surface area contributed by atoms with Gasteiger partial charge in [-0.2, -0.15) is 0 Å². The maximum Gasteiger partial charge on any atom is 0.249 e. The molecule has 0 aliphatic heterocycles. The SMILES string of the molecule is CC(C)(C)[Si](C)(C)OC=Cc1ccc(Br)cc1. The Morgan fingerprint density at radius 1 is 1.12 bits per heavy atom. The molecule has 17 heavy (non-hydrogen) atoms. The van der Waals surface area contributed by atoms with Crippen molar-refractivity contribution in [1.82, 2.24) is 0 Å². The number of hydrogen-bond donors (Lipinski definition) is 0. The van der Waals surface area contributed by atoms with Crippen LogP contribution in [0.2, 0.25) is 18.1 Å². The molecule has 0 N–H and O–H groups in total. The molecule has 1 rings (SSSR count). The standard InChI is InChI=1S/C14H21BrOSi/c1-14(2,3)17(4,5)16-11-10-12-6-8-13(15)9-7-12/h6-11H,1-5H3. The Labute approximate surface area is 114 Å². The van der Waals surface area contributed by atoms with E-state index in [1.54, 1.807) is 0 Å². The maximum atomic E-state index is 5.97. The Morgan fingerprint density at radius 3 is 2.12 bits per heavy atom. The summed E-state index contributed by atoms with van der Waals surface area (Å²) in [7, 11) is -1.67. The van der Waals surface area contributed by atoms with Crippen molar-refractivity contribution in [2.45, 2.75) is 38.9 Å². The average molecular weight is 313 g/mol. The van der Waals surface area contributed by atoms with Crippen LogP contribution in [0.15, 0.2) is 35.0 Å². The van der Waals surface area contributed by atoms with Gasteiger partial charge in [0.2, 0.25) is 8.32 Å². The Kier molecular flexibility index (Phi) is 4.61. The fraction of sp³-hybridized carbons (Fsp3) is 0.429. The second kappa shape index (κ2) is 5.40. The van der Waals surface area contributed by atoms with Crippen LogP contribution in [-0.4, -0.2) is 8.32 Å². The van der Waals surface area contributed by atoms with Crippen LogP contribution in [0.4, 0.5) is 0 Å². The van der Waals surface area contributed by atoms with Crippen molar-refractivity contribution in [2.75, 3.05) is 0 Å². The fourth-order valence-electron chi connectivity index (χ4n) is 1.03. The van der Waals surface area contributed by atoms with E-state index in [0.29, 0.717) is 0 Å². The second-order valence-electron chi connectivity index (χ2n) is 5.73. The highest BCUT2D eigenvalue weighted by atomic mass is 79.9. The first-order valence-corrected chi connectivity index (χ1v) is 9.52. The highest BCUT2D eigenvalue weighted by molar-refractivity contribution is 9.10. The summed E-state index contributed by atoms with van der Waals surface area (Å²) in [6, 6.07) is 8.20. The lowest BCUT2D eigenvalue weighted by Gasteiger charge is -2.34. The van der Waals surface area contributed by atoms with E-state index in [2.05, 4.69) is 61.9 Å². The molecule has 0 unspecified atom stereocenters. The molecule has 0 aliphatic carbocycles. The smallest absolute Gasteiger partial charge is 0.249 e. The molecule has 0 saturated carbocycles. The molecule has 0 bridgehead atoms. The quantitative estimate of drug-likeness (QED) is 0.533. The van der Waals surface area contributed by atoms with Gasteiger partial charge in [0.1, 0.15) is 0 Å². The molecule has 0 atom stereocenters. The highest BCUT2D eigenvalue weighted by Crippen LogP contribution is 2.36. The number of rotatable bonds is 3. The number of halogens is 1. The van der Waals surface area contributed by atoms with Crippen molar-refractivity contribution >= 4 is 30.3 Å². The molecule has 0 radical (unpaired) electrons. The molecule has 0 saturated heterocycles. The normalized spacial score (nSPS) is 13.1. The van der Waals surface area contributed by atoms with Crippen LogP contribution in [0.3, 0.4) is 0 Å². The van der Waals surface area contributed by atoms with Crippen LogP contribution in [0.25, 0.3) is 6.08 Å². The molecule has 94 valence electrons. The Morgan fingerprint density at radius 2 is 1.65 bits per heavy atom. The van der Waals surface area contributed by atoms with E-state index in [-0.39, 0.29) is 5.04 Å². The largest absolute Gasteiger partial charge is 0.549 e. The van der Waals surface area contributed by atoms with E-state index in [1.807, 2.05) is 24.5 Å². The van der Waals surface area contributed by atoms with E-state index in [1.165, 1.54) is 0 Å². The van der Waals surface area contributed by atoms with Gasteiger partial charge in [-0.1, -0.05) is 48.8 Å². The zero-order chi connectivity index (χ0) is 13.1. The fourth-order valence-corrected chi connectivity index (χ4v) is 2.06. The molecule has 1 aromatic carbocycles. The van der Waals surface area contributed by atoms with Crippen LogP contribution < -0.4 is 0 Å². The van der Waals surface area contributed by atoms with E-state index >= 15 is 0 Å². The molecule has 1 aromatic rings. The van der Waals surface area contributed by atoms with Gasteiger partial charge in [-0.05, 0) is 41.9 Å². The van der Waals surface area contributed by atoms with Gasteiger partial charge in [0, 0.05) is 4.47 Å². The van der Waals surface area contributed by atoms with Crippen LogP contribution >= 0.6 is 15.9 Å². The molecular formula is C14H21BrOSi. The molecule has 0 aliphatic rings. The lowest BCUT2D eigenvalue weighted by Crippen LogP contribution is -2.39. The number of hydrogen-bond acceptors (Lipinski definition) is 1. The van der Waals surface area contributed by atoms with Crippen molar-refractivity contribution < 1.29 is 4.43 Å². The third-order valence-corrected chi connectivity index (χ3v) is 8.17. The third-order valence-electron chi connectivity index (χ3n) is 3.30. The molecule has 0 heterocycles. The van der Waals surface area contributed by atoms with Gasteiger partial charge in [0.05, 0.1) is 6.26 Å². The Balaban J connectivity index is 2.65. The summed E-state index contributed by atoms with van der Waals surface area (Å²) in [4.78, 5) is 0. The zero-order valence-corrected chi connectivity index (χ0v) is 13.8. The first-order valence-electron chi connectivity index (χ1n) is 5.82. The summed E-state index contributed by atoms with van der Waals surface area (Å²) < 4.78 is 7.07. The van der Waals surface area contributed by atoms with Crippen molar-refractivity contribution in [2.24, 2.45) is 0 Å². The summed E-state index contributed by atoms with van der Waals surface area (Å²) in [5, 5.41) is 0.247. The molecule has 0 spiro atoms. The summed E-state index contributed by atoms with van der Waals surface area (Å²) in [6.07, 6.45) is 3.87. The van der Waals surface area contributed by atoms with Gasteiger partial charge in [-0.15, -0.1) is 0 Å². The van der Waals surface area contributed by atoms with E-state index in [0.717, 1.165) is 10.0 Å². The minimum absolute atomic E-state index is 0.247. The summed E-state index contributed by atoms with van der Waals surface area (Å²) in [5.41, 5.74) is 1.16. The van der Waals surface area contributed by atoms with Crippen LogP contribution in [0.5, 0.6) is 0 Å². The monoisotopic (exact) mass is 312 g/mol. The van der Waals surface area contributed by atoms with Crippen LogP contribution in [0, 0.1) is 0 Å². The van der Waals surface area contributed by atoms with E-state index in [9.17, 15) is 0 Å². The zero-order valence-electron chi connectivity index (χ0n) is 11.3. The van der Waals surface area contributed by atoms with Gasteiger partial charge in [-0.3, -0.25) is 0 Å². The Hall–Kier alpha value is -0.543. The van der Waals surface area contributed by atoms with E-state index < -0.39 is 8.32 Å². The lowest BCUT2D eigenvalue weighted by molar-refractivity contribution is 0.433. The molecule has 0 amide bonds. The van der Waals surface area contributed by atoms with Crippen LogP contribution in [-0.2, 0) is 4.43 Å². The molecule has 0 aromatic heterocycles. The summed E-state index contributed by atoms with van der Waals surface area (Å²) >= 11 is 3.42. The van der Waals surface area contributed by atoms with Gasteiger partial charge in [0.15, 0.2) is 0 Å². The van der Waals surface area contributed by atoms with Crippen LogP contribution in [0.1, 0.15) is 26.3 Å². The van der Waals surface area contributed by atoms with Crippen molar-refractivity contribution in [3.63, 3.8) is 0 Å². The molecule has 0 fully saturated rings. The molecular weight excluding hydrogens is 292 g/mol. The first kappa shape index (κ1) is 14.5. The minimum atomic E-state index is -1.67. The predicted octanol–water partition coefficient (Wildman–Crippen LogP) is 5.44. The highest BCUT2D eigenvalue weighted by Gasteiger charge is 2.37. The Bertz CT molecular complexity index is 388. The molecule has 3 heteroatoms.